The number of rotatable bonds is 2. The Balaban J connectivity index is 2.41. The van der Waals surface area contributed by atoms with Crippen molar-refractivity contribution in [1.29, 1.82) is 0 Å². The normalized spacial score (nSPS) is 26.9. The highest BCUT2D eigenvalue weighted by atomic mass is 32.2. The van der Waals surface area contributed by atoms with E-state index in [-0.39, 0.29) is 23.3 Å². The van der Waals surface area contributed by atoms with Crippen LogP contribution >= 0.6 is 0 Å². The van der Waals surface area contributed by atoms with Crippen LogP contribution in [-0.2, 0) is 15.5 Å². The van der Waals surface area contributed by atoms with Crippen LogP contribution < -0.4 is 0 Å². The number of benzene rings is 1. The van der Waals surface area contributed by atoms with Gasteiger partial charge in [0.05, 0.1) is 17.1 Å². The highest BCUT2D eigenvalue weighted by Gasteiger charge is 2.44. The Labute approximate surface area is 98.0 Å². The Morgan fingerprint density at radius 1 is 1.41 bits per heavy atom. The average Bonchev–Trinajstić information content (AvgIpc) is 2.55. The second-order valence-corrected chi connectivity index (χ2v) is 6.38. The summed E-state index contributed by atoms with van der Waals surface area (Å²) in [6.45, 7) is 0. The molecule has 1 saturated heterocycles. The summed E-state index contributed by atoms with van der Waals surface area (Å²) >= 11 is 0. The van der Waals surface area contributed by atoms with E-state index in [9.17, 15) is 17.6 Å². The minimum Gasteiger partial charge on any atom is -0.478 e. The standard InChI is InChI=1S/C11H11FO4S/c12-11(4-5-17(15,16)7-11)9-3-1-2-8(6-9)10(13)14/h1-3,6H,4-5,7H2,(H,13,14). The summed E-state index contributed by atoms with van der Waals surface area (Å²) in [4.78, 5) is 10.8. The van der Waals surface area contributed by atoms with Crippen molar-refractivity contribution < 1.29 is 22.7 Å². The Morgan fingerprint density at radius 3 is 2.65 bits per heavy atom. The van der Waals surface area contributed by atoms with Crippen molar-refractivity contribution in [3.05, 3.63) is 35.4 Å². The third-order valence-electron chi connectivity index (χ3n) is 2.88. The molecule has 1 aromatic rings. The van der Waals surface area contributed by atoms with Crippen LogP contribution in [-0.4, -0.2) is 31.0 Å². The number of carboxylic acid groups (broad SMARTS) is 1. The lowest BCUT2D eigenvalue weighted by atomic mass is 9.94. The predicted octanol–water partition coefficient (Wildman–Crippen LogP) is 1.37. The topological polar surface area (TPSA) is 71.4 Å². The van der Waals surface area contributed by atoms with Gasteiger partial charge in [0.2, 0.25) is 0 Å². The lowest BCUT2D eigenvalue weighted by Gasteiger charge is -2.18. The van der Waals surface area contributed by atoms with Gasteiger partial charge in [-0.25, -0.2) is 17.6 Å². The number of halogens is 1. The predicted molar refractivity (Wildman–Crippen MR) is 59.5 cm³/mol. The molecule has 0 aliphatic carbocycles. The maximum atomic E-state index is 14.4. The van der Waals surface area contributed by atoms with Gasteiger partial charge >= 0.3 is 5.97 Å². The molecule has 17 heavy (non-hydrogen) atoms. The molecule has 92 valence electrons. The van der Waals surface area contributed by atoms with Crippen LogP contribution in [0.2, 0.25) is 0 Å². The van der Waals surface area contributed by atoms with E-state index < -0.39 is 27.2 Å². The fourth-order valence-corrected chi connectivity index (χ4v) is 3.76. The molecule has 0 bridgehead atoms. The van der Waals surface area contributed by atoms with E-state index in [0.717, 1.165) is 0 Å². The molecule has 0 amide bonds. The molecule has 2 rings (SSSR count). The summed E-state index contributed by atoms with van der Waals surface area (Å²) in [5.41, 5.74) is -1.87. The molecule has 0 aromatic heterocycles. The van der Waals surface area contributed by atoms with Crippen molar-refractivity contribution in [1.82, 2.24) is 0 Å². The molecule has 6 heteroatoms. The van der Waals surface area contributed by atoms with Crippen LogP contribution in [0.1, 0.15) is 22.3 Å². The van der Waals surface area contributed by atoms with Gasteiger partial charge in [0, 0.05) is 6.42 Å². The second kappa shape index (κ2) is 3.80. The smallest absolute Gasteiger partial charge is 0.335 e. The van der Waals surface area contributed by atoms with E-state index in [1.165, 1.54) is 24.3 Å². The van der Waals surface area contributed by atoms with Crippen LogP contribution in [0.15, 0.2) is 24.3 Å². The largest absolute Gasteiger partial charge is 0.478 e. The summed E-state index contributed by atoms with van der Waals surface area (Å²) in [5.74, 6) is -1.92. The summed E-state index contributed by atoms with van der Waals surface area (Å²) in [5, 5.41) is 8.80. The minimum atomic E-state index is -3.36. The number of carbonyl (C=O) groups is 1. The van der Waals surface area contributed by atoms with Gasteiger partial charge in [0.15, 0.2) is 15.5 Å². The van der Waals surface area contributed by atoms with E-state index in [1.54, 1.807) is 0 Å². The summed E-state index contributed by atoms with van der Waals surface area (Å²) in [7, 11) is -3.36. The SMILES string of the molecule is O=C(O)c1cccc(C2(F)CCS(=O)(=O)C2)c1. The van der Waals surface area contributed by atoms with Crippen molar-refractivity contribution in [2.45, 2.75) is 12.1 Å². The molecule has 1 N–H and O–H groups in total. The Bertz CT molecular complexity index is 567. The fourth-order valence-electron chi connectivity index (χ4n) is 1.97. The summed E-state index contributed by atoms with van der Waals surface area (Å²) in [6.07, 6.45) is -0.113. The van der Waals surface area contributed by atoms with E-state index in [2.05, 4.69) is 0 Å². The number of sulfone groups is 1. The molecule has 1 heterocycles. The van der Waals surface area contributed by atoms with Gasteiger partial charge in [-0.2, -0.15) is 0 Å². The van der Waals surface area contributed by atoms with Gasteiger partial charge in [-0.15, -0.1) is 0 Å². The van der Waals surface area contributed by atoms with Crippen molar-refractivity contribution in [2.24, 2.45) is 0 Å². The van der Waals surface area contributed by atoms with Gasteiger partial charge in [0.25, 0.3) is 0 Å². The lowest BCUT2D eigenvalue weighted by molar-refractivity contribution is 0.0696. The Hall–Kier alpha value is -1.43. The van der Waals surface area contributed by atoms with Crippen LogP contribution in [0.25, 0.3) is 0 Å². The molecular weight excluding hydrogens is 247 g/mol. The molecule has 0 spiro atoms. The van der Waals surface area contributed by atoms with E-state index in [1.807, 2.05) is 0 Å². The van der Waals surface area contributed by atoms with Crippen molar-refractivity contribution >= 4 is 15.8 Å². The number of hydrogen-bond acceptors (Lipinski definition) is 3. The van der Waals surface area contributed by atoms with Crippen LogP contribution in [0, 0.1) is 0 Å². The van der Waals surface area contributed by atoms with Gasteiger partial charge in [-0.1, -0.05) is 12.1 Å². The molecule has 1 aromatic carbocycles. The van der Waals surface area contributed by atoms with Crippen LogP contribution in [0.5, 0.6) is 0 Å². The second-order valence-electron chi connectivity index (χ2n) is 4.19. The third kappa shape index (κ3) is 2.31. The van der Waals surface area contributed by atoms with Gasteiger partial charge < -0.3 is 5.11 Å². The van der Waals surface area contributed by atoms with Gasteiger partial charge in [-0.3, -0.25) is 0 Å². The zero-order chi connectivity index (χ0) is 12.7. The zero-order valence-corrected chi connectivity index (χ0v) is 9.71. The van der Waals surface area contributed by atoms with Crippen molar-refractivity contribution in [3.8, 4) is 0 Å². The molecule has 1 aliphatic rings. The Kier molecular flexibility index (Phi) is 2.69. The van der Waals surface area contributed by atoms with Gasteiger partial charge in [-0.05, 0) is 17.7 Å². The molecular formula is C11H11FO4S. The average molecular weight is 258 g/mol. The summed E-state index contributed by atoms with van der Waals surface area (Å²) < 4.78 is 37.0. The van der Waals surface area contributed by atoms with E-state index in [4.69, 9.17) is 5.11 Å². The first-order valence-corrected chi connectivity index (χ1v) is 6.88. The fraction of sp³-hybridized carbons (Fsp3) is 0.364. The Morgan fingerprint density at radius 2 is 2.12 bits per heavy atom. The molecule has 1 aliphatic heterocycles. The molecule has 0 saturated carbocycles. The molecule has 1 unspecified atom stereocenters. The maximum absolute atomic E-state index is 14.4. The maximum Gasteiger partial charge on any atom is 0.335 e. The number of alkyl halides is 1. The van der Waals surface area contributed by atoms with Crippen molar-refractivity contribution in [3.63, 3.8) is 0 Å². The molecule has 1 fully saturated rings. The minimum absolute atomic E-state index is 0.0381. The van der Waals surface area contributed by atoms with Crippen molar-refractivity contribution in [2.75, 3.05) is 11.5 Å². The third-order valence-corrected chi connectivity index (χ3v) is 4.61. The van der Waals surface area contributed by atoms with Crippen LogP contribution in [0.4, 0.5) is 4.39 Å². The van der Waals surface area contributed by atoms with Gasteiger partial charge in [0.1, 0.15) is 0 Å². The quantitative estimate of drug-likeness (QED) is 0.869. The monoisotopic (exact) mass is 258 g/mol. The molecule has 0 radical (unpaired) electrons. The molecule has 4 nitrogen and oxygen atoms in total. The highest BCUT2D eigenvalue weighted by Crippen LogP contribution is 2.37. The number of carboxylic acids is 1. The van der Waals surface area contributed by atoms with E-state index >= 15 is 0 Å². The number of aromatic carboxylic acids is 1. The number of hydrogen-bond donors (Lipinski definition) is 1. The van der Waals surface area contributed by atoms with Crippen LogP contribution in [0.3, 0.4) is 0 Å². The summed E-state index contributed by atoms with van der Waals surface area (Å²) in [6, 6.07) is 5.39. The first-order valence-electron chi connectivity index (χ1n) is 5.06. The zero-order valence-electron chi connectivity index (χ0n) is 8.89. The lowest BCUT2D eigenvalue weighted by Crippen LogP contribution is -2.22. The van der Waals surface area contributed by atoms with E-state index in [0.29, 0.717) is 0 Å². The highest BCUT2D eigenvalue weighted by molar-refractivity contribution is 7.91. The first kappa shape index (κ1) is 12.0. The molecule has 1 atom stereocenters. The first-order chi connectivity index (χ1) is 7.82.